The molecule has 0 atom stereocenters. The van der Waals surface area contributed by atoms with Crippen molar-refractivity contribution in [3.8, 4) is 0 Å². The van der Waals surface area contributed by atoms with E-state index >= 15 is 0 Å². The van der Waals surface area contributed by atoms with Crippen molar-refractivity contribution in [1.29, 1.82) is 0 Å². The maximum Gasteiger partial charge on any atom is 0.0555 e. The van der Waals surface area contributed by atoms with E-state index < -0.39 is 0 Å². The van der Waals surface area contributed by atoms with Gasteiger partial charge in [-0.3, -0.25) is 9.97 Å². The molecule has 0 N–H and O–H groups in total. The van der Waals surface area contributed by atoms with Crippen LogP contribution in [0.25, 0.3) is 0 Å². The first-order chi connectivity index (χ1) is 4.89. The van der Waals surface area contributed by atoms with Gasteiger partial charge in [-0.1, -0.05) is 19.3 Å². The first-order valence-corrected chi connectivity index (χ1v) is 3.62. The molecule has 0 amide bonds. The van der Waals surface area contributed by atoms with Gasteiger partial charge >= 0.3 is 0 Å². The normalized spacial score (nSPS) is 13.3. The lowest BCUT2D eigenvalue weighted by atomic mass is 10.5. The van der Waals surface area contributed by atoms with Crippen LogP contribution in [0.2, 0.25) is 0 Å². The van der Waals surface area contributed by atoms with Crippen LogP contribution in [0.4, 0.5) is 0 Å². The molecule has 0 saturated heterocycles. The zero-order valence-electron chi connectivity index (χ0n) is 6.25. The monoisotopic (exact) mass is 136 g/mol. The molecule has 2 nitrogen and oxygen atoms in total. The highest BCUT2D eigenvalue weighted by atomic mass is 14.7. The third kappa shape index (κ3) is 4.01. The topological polar surface area (TPSA) is 25.8 Å². The zero-order chi connectivity index (χ0) is 7.23. The van der Waals surface area contributed by atoms with Crippen molar-refractivity contribution in [1.82, 2.24) is 9.97 Å². The summed E-state index contributed by atoms with van der Waals surface area (Å²) in [6, 6.07) is 0. The summed E-state index contributed by atoms with van der Waals surface area (Å²) in [6.07, 6.45) is 9.56. The molecule has 54 valence electrons. The van der Waals surface area contributed by atoms with E-state index in [-0.39, 0.29) is 0 Å². The summed E-state index contributed by atoms with van der Waals surface area (Å²) in [5.74, 6) is 0. The van der Waals surface area contributed by atoms with Crippen molar-refractivity contribution in [2.24, 2.45) is 0 Å². The van der Waals surface area contributed by atoms with Crippen LogP contribution in [-0.4, -0.2) is 9.97 Å². The number of hydrogen-bond acceptors (Lipinski definition) is 2. The van der Waals surface area contributed by atoms with Crippen molar-refractivity contribution >= 4 is 0 Å². The Morgan fingerprint density at radius 3 is 2.10 bits per heavy atom. The van der Waals surface area contributed by atoms with Gasteiger partial charge in [0.15, 0.2) is 0 Å². The van der Waals surface area contributed by atoms with Crippen molar-refractivity contribution in [2.75, 3.05) is 0 Å². The summed E-state index contributed by atoms with van der Waals surface area (Å²) in [5, 5.41) is 0. The van der Waals surface area contributed by atoms with Gasteiger partial charge in [0.1, 0.15) is 0 Å². The molecule has 1 aromatic rings. The molecule has 2 heteroatoms. The van der Waals surface area contributed by atoms with Gasteiger partial charge in [-0.05, 0) is 6.92 Å². The minimum absolute atomic E-state index is 0.961. The lowest BCUT2D eigenvalue weighted by Crippen LogP contribution is -1.77. The maximum absolute atomic E-state index is 3.92. The van der Waals surface area contributed by atoms with Crippen LogP contribution in [0.1, 0.15) is 25.0 Å². The molecule has 1 aliphatic carbocycles. The Balaban J connectivity index is 0.000000138. The van der Waals surface area contributed by atoms with Gasteiger partial charge in [0, 0.05) is 18.6 Å². The maximum atomic E-state index is 3.92. The van der Waals surface area contributed by atoms with E-state index in [1.165, 1.54) is 19.3 Å². The molecule has 1 fully saturated rings. The average molecular weight is 136 g/mol. The fraction of sp³-hybridized carbons (Fsp3) is 0.500. The Bertz CT molecular complexity index is 167. The van der Waals surface area contributed by atoms with E-state index in [1.807, 2.05) is 6.92 Å². The fourth-order valence-electron chi connectivity index (χ4n) is 0.374. The molecule has 0 unspecified atom stereocenters. The summed E-state index contributed by atoms with van der Waals surface area (Å²) in [7, 11) is 0. The van der Waals surface area contributed by atoms with Crippen molar-refractivity contribution < 1.29 is 0 Å². The second-order valence-electron chi connectivity index (χ2n) is 2.41. The van der Waals surface area contributed by atoms with Gasteiger partial charge in [0.05, 0.1) is 5.69 Å². The third-order valence-corrected chi connectivity index (χ3v) is 1.05. The van der Waals surface area contributed by atoms with Gasteiger partial charge in [0.2, 0.25) is 0 Å². The predicted octanol–water partition coefficient (Wildman–Crippen LogP) is 1.96. The third-order valence-electron chi connectivity index (χ3n) is 1.05. The molecule has 1 aromatic heterocycles. The quantitative estimate of drug-likeness (QED) is 0.544. The van der Waals surface area contributed by atoms with Gasteiger partial charge in [-0.15, -0.1) is 0 Å². The van der Waals surface area contributed by atoms with Crippen LogP contribution in [-0.2, 0) is 0 Å². The first-order valence-electron chi connectivity index (χ1n) is 3.62. The van der Waals surface area contributed by atoms with Crippen LogP contribution >= 0.6 is 0 Å². The number of nitrogens with zero attached hydrogens (tertiary/aromatic N) is 2. The number of hydrogen-bond donors (Lipinski definition) is 0. The Morgan fingerprint density at radius 2 is 1.90 bits per heavy atom. The van der Waals surface area contributed by atoms with E-state index in [2.05, 4.69) is 9.97 Å². The van der Waals surface area contributed by atoms with Crippen LogP contribution in [0.5, 0.6) is 0 Å². The van der Waals surface area contributed by atoms with Gasteiger partial charge in [-0.2, -0.15) is 0 Å². The zero-order valence-corrected chi connectivity index (χ0v) is 6.25. The van der Waals surface area contributed by atoms with E-state index in [4.69, 9.17) is 0 Å². The molecule has 0 bridgehead atoms. The fourth-order valence-corrected chi connectivity index (χ4v) is 0.374. The molecule has 0 aromatic carbocycles. The van der Waals surface area contributed by atoms with Crippen molar-refractivity contribution in [3.63, 3.8) is 0 Å². The van der Waals surface area contributed by atoms with Crippen LogP contribution in [0, 0.1) is 6.92 Å². The SMILES string of the molecule is C1CC1.Cc1cnccn1. The minimum Gasteiger partial charge on any atom is -0.261 e. The van der Waals surface area contributed by atoms with Gasteiger partial charge in [0.25, 0.3) is 0 Å². The second-order valence-corrected chi connectivity index (χ2v) is 2.41. The van der Waals surface area contributed by atoms with Crippen LogP contribution in [0.15, 0.2) is 18.6 Å². The van der Waals surface area contributed by atoms with Crippen LogP contribution < -0.4 is 0 Å². The highest BCUT2D eigenvalue weighted by molar-refractivity contribution is 4.88. The highest BCUT2D eigenvalue weighted by Gasteiger charge is 1.95. The summed E-state index contributed by atoms with van der Waals surface area (Å²) < 4.78 is 0. The molecule has 0 aliphatic heterocycles. The Labute approximate surface area is 61.3 Å². The molecule has 0 radical (unpaired) electrons. The van der Waals surface area contributed by atoms with Gasteiger partial charge in [-0.25, -0.2) is 0 Å². The molecule has 2 rings (SSSR count). The molecule has 0 spiro atoms. The molecule has 1 saturated carbocycles. The Kier molecular flexibility index (Phi) is 2.87. The first kappa shape index (κ1) is 7.19. The van der Waals surface area contributed by atoms with Crippen molar-refractivity contribution in [3.05, 3.63) is 24.3 Å². The van der Waals surface area contributed by atoms with E-state index in [1.54, 1.807) is 18.6 Å². The summed E-state index contributed by atoms with van der Waals surface area (Å²) in [4.78, 5) is 7.74. The lowest BCUT2D eigenvalue weighted by molar-refractivity contribution is 1.12. The molecule has 10 heavy (non-hydrogen) atoms. The summed E-state index contributed by atoms with van der Waals surface area (Å²) >= 11 is 0. The minimum atomic E-state index is 0.961. The molecule has 1 aliphatic rings. The highest BCUT2D eigenvalue weighted by Crippen LogP contribution is 2.14. The molecular weight excluding hydrogens is 124 g/mol. The second kappa shape index (κ2) is 3.99. The number of aromatic nitrogens is 2. The summed E-state index contributed by atoms with van der Waals surface area (Å²) in [5.41, 5.74) is 0.961. The Hall–Kier alpha value is -0.920. The van der Waals surface area contributed by atoms with Crippen LogP contribution in [0.3, 0.4) is 0 Å². The number of aryl methyl sites for hydroxylation is 1. The van der Waals surface area contributed by atoms with E-state index in [0.29, 0.717) is 0 Å². The Morgan fingerprint density at radius 1 is 1.20 bits per heavy atom. The molecular formula is C8H12N2. The lowest BCUT2D eigenvalue weighted by Gasteiger charge is -1.81. The summed E-state index contributed by atoms with van der Waals surface area (Å²) in [6.45, 7) is 1.91. The van der Waals surface area contributed by atoms with E-state index in [9.17, 15) is 0 Å². The van der Waals surface area contributed by atoms with Crippen molar-refractivity contribution in [2.45, 2.75) is 26.2 Å². The number of rotatable bonds is 0. The van der Waals surface area contributed by atoms with Gasteiger partial charge < -0.3 is 0 Å². The average Bonchev–Trinajstić information content (AvgIpc) is 2.73. The smallest absolute Gasteiger partial charge is 0.0555 e. The predicted molar refractivity (Wildman–Crippen MR) is 40.6 cm³/mol. The molecule has 1 heterocycles. The van der Waals surface area contributed by atoms with E-state index in [0.717, 1.165) is 5.69 Å². The standard InChI is InChI=1S/C5H6N2.C3H6/c1-5-4-6-2-3-7-5;1-2-3-1/h2-4H,1H3;1-3H2. The largest absolute Gasteiger partial charge is 0.261 e.